The van der Waals surface area contributed by atoms with Crippen molar-refractivity contribution in [3.63, 3.8) is 0 Å². The second-order valence-corrected chi connectivity index (χ2v) is 6.52. The van der Waals surface area contributed by atoms with Crippen molar-refractivity contribution in [3.8, 4) is 0 Å². The molecule has 2 rings (SSSR count). The minimum absolute atomic E-state index is 0.117. The lowest BCUT2D eigenvalue weighted by Crippen LogP contribution is -2.30. The molecule has 0 aliphatic heterocycles. The summed E-state index contributed by atoms with van der Waals surface area (Å²) in [4.78, 5) is 41.3. The van der Waals surface area contributed by atoms with Crippen LogP contribution in [0.3, 0.4) is 0 Å². The van der Waals surface area contributed by atoms with E-state index in [-0.39, 0.29) is 5.91 Å². The Kier molecular flexibility index (Phi) is 14.3. The van der Waals surface area contributed by atoms with Crippen LogP contribution in [0, 0.1) is 0 Å². The number of aldehydes is 1. The molecule has 2 atom stereocenters. The average Bonchev–Trinajstić information content (AvgIpc) is 2.78. The summed E-state index contributed by atoms with van der Waals surface area (Å²) >= 11 is 0. The summed E-state index contributed by atoms with van der Waals surface area (Å²) in [7, 11) is 0. The van der Waals surface area contributed by atoms with E-state index in [9.17, 15) is 19.2 Å². The lowest BCUT2D eigenvalue weighted by Gasteiger charge is -2.04. The summed E-state index contributed by atoms with van der Waals surface area (Å²) in [5.41, 5.74) is 17.5. The maximum atomic E-state index is 10.6. The third kappa shape index (κ3) is 12.9. The fourth-order valence-electron chi connectivity index (χ4n) is 2.11. The van der Waals surface area contributed by atoms with Gasteiger partial charge in [-0.3, -0.25) is 19.2 Å². The van der Waals surface area contributed by atoms with Crippen molar-refractivity contribution in [2.75, 3.05) is 11.9 Å². The summed E-state index contributed by atoms with van der Waals surface area (Å²) in [5, 5.41) is 19.4. The van der Waals surface area contributed by atoms with E-state index < -0.39 is 24.0 Å². The highest BCUT2D eigenvalue weighted by molar-refractivity contribution is 5.89. The third-order valence-corrected chi connectivity index (χ3v) is 3.83. The quantitative estimate of drug-likeness (QED) is 0.324. The molecule has 0 aliphatic rings. The van der Waals surface area contributed by atoms with Crippen LogP contribution in [0.15, 0.2) is 54.6 Å². The number of carbonyl (C=O) groups excluding carboxylic acids is 2. The Labute approximate surface area is 186 Å². The average molecular weight is 447 g/mol. The highest BCUT2D eigenvalue weighted by Gasteiger charge is 2.12. The molecule has 2 aromatic carbocycles. The van der Waals surface area contributed by atoms with E-state index >= 15 is 0 Å². The number of hydrogen-bond donors (Lipinski definition) is 6. The molecule has 0 spiro atoms. The predicted octanol–water partition coefficient (Wildman–Crippen LogP) is 1.37. The molecule has 0 heterocycles. The monoisotopic (exact) mass is 446 g/mol. The number of aliphatic carboxylic acids is 2. The van der Waals surface area contributed by atoms with Gasteiger partial charge in [-0.2, -0.15) is 0 Å². The first kappa shape index (κ1) is 28.4. The molecule has 2 aromatic rings. The summed E-state index contributed by atoms with van der Waals surface area (Å²) in [6.45, 7) is 1.94. The van der Waals surface area contributed by atoms with Crippen LogP contribution in [-0.2, 0) is 14.4 Å². The van der Waals surface area contributed by atoms with Gasteiger partial charge in [0.25, 0.3) is 0 Å². The number of amides is 1. The topological polar surface area (TPSA) is 199 Å². The molecule has 0 fully saturated rings. The number of nitrogens with one attached hydrogen (secondary N) is 1. The standard InChI is InChI=1S/C9H9NO2.C8H9NO2.C5H12N2O2/c1-7(12)10-9-4-2-8(6-11)3-5-9;9-7(8(10)11)6-4-2-1-3-5-6;6-3-1-2-4(7)5(8)9/h2-6H,1H3,(H,10,12);1-5,7H,9H2,(H,10,11);4H,1-3,6-7H2,(H,8,9)/t;7-;/m.0./s1. The highest BCUT2D eigenvalue weighted by atomic mass is 16.4. The van der Waals surface area contributed by atoms with Gasteiger partial charge < -0.3 is 32.7 Å². The van der Waals surface area contributed by atoms with Crippen LogP contribution in [0.4, 0.5) is 5.69 Å². The Balaban J connectivity index is 0.000000456. The molecule has 10 nitrogen and oxygen atoms in total. The first-order valence-electron chi connectivity index (χ1n) is 9.67. The van der Waals surface area contributed by atoms with Gasteiger partial charge in [-0.1, -0.05) is 30.3 Å². The van der Waals surface area contributed by atoms with Crippen molar-refractivity contribution in [3.05, 3.63) is 65.7 Å². The number of carboxylic acid groups (broad SMARTS) is 2. The maximum Gasteiger partial charge on any atom is 0.325 e. The van der Waals surface area contributed by atoms with Crippen molar-refractivity contribution in [2.45, 2.75) is 31.8 Å². The van der Waals surface area contributed by atoms with E-state index in [2.05, 4.69) is 5.32 Å². The van der Waals surface area contributed by atoms with Crippen LogP contribution >= 0.6 is 0 Å². The number of hydrogen-bond acceptors (Lipinski definition) is 7. The van der Waals surface area contributed by atoms with E-state index in [1.165, 1.54) is 6.92 Å². The minimum atomic E-state index is -1.00. The van der Waals surface area contributed by atoms with Gasteiger partial charge in [0.15, 0.2) is 0 Å². The van der Waals surface area contributed by atoms with E-state index in [1.54, 1.807) is 48.5 Å². The van der Waals surface area contributed by atoms with Gasteiger partial charge in [-0.05, 0) is 49.2 Å². The van der Waals surface area contributed by atoms with Crippen molar-refractivity contribution < 1.29 is 29.4 Å². The molecule has 0 bridgehead atoms. The first-order chi connectivity index (χ1) is 15.1. The van der Waals surface area contributed by atoms with Crippen molar-refractivity contribution in [1.29, 1.82) is 0 Å². The number of carbonyl (C=O) groups is 4. The molecule has 174 valence electrons. The third-order valence-electron chi connectivity index (χ3n) is 3.83. The van der Waals surface area contributed by atoms with Crippen molar-refractivity contribution in [2.24, 2.45) is 17.2 Å². The first-order valence-corrected chi connectivity index (χ1v) is 9.67. The molecule has 1 amide bonds. The molecule has 0 aromatic heterocycles. The van der Waals surface area contributed by atoms with E-state index in [0.717, 1.165) is 6.29 Å². The van der Waals surface area contributed by atoms with Gasteiger partial charge >= 0.3 is 11.9 Å². The summed E-state index contributed by atoms with van der Waals surface area (Å²) in [5.74, 6) is -2.08. The Morgan fingerprint density at radius 2 is 1.53 bits per heavy atom. The van der Waals surface area contributed by atoms with E-state index in [1.807, 2.05) is 6.07 Å². The number of anilines is 1. The maximum absolute atomic E-state index is 10.6. The number of carboxylic acids is 2. The minimum Gasteiger partial charge on any atom is -0.480 e. The zero-order valence-corrected chi connectivity index (χ0v) is 17.8. The predicted molar refractivity (Wildman–Crippen MR) is 121 cm³/mol. The summed E-state index contributed by atoms with van der Waals surface area (Å²) < 4.78 is 0. The zero-order chi connectivity index (χ0) is 24.5. The summed E-state index contributed by atoms with van der Waals surface area (Å²) in [6, 6.07) is 13.8. The molecule has 9 N–H and O–H groups in total. The van der Waals surface area contributed by atoms with Crippen LogP contribution < -0.4 is 22.5 Å². The van der Waals surface area contributed by atoms with Gasteiger partial charge in [0.1, 0.15) is 18.4 Å². The number of benzene rings is 2. The SMILES string of the molecule is CC(=O)Nc1ccc(C=O)cc1.NCCCC(N)C(=O)O.N[C@H](C(=O)O)c1ccccc1. The van der Waals surface area contributed by atoms with Gasteiger partial charge in [-0.15, -0.1) is 0 Å². The van der Waals surface area contributed by atoms with E-state index in [0.29, 0.717) is 36.2 Å². The molecule has 32 heavy (non-hydrogen) atoms. The van der Waals surface area contributed by atoms with Gasteiger partial charge in [0, 0.05) is 18.2 Å². The van der Waals surface area contributed by atoms with Crippen molar-refractivity contribution in [1.82, 2.24) is 0 Å². The van der Waals surface area contributed by atoms with Crippen LogP contribution in [0.1, 0.15) is 41.7 Å². The van der Waals surface area contributed by atoms with Crippen LogP contribution in [-0.4, -0.2) is 46.9 Å². The fourth-order valence-corrected chi connectivity index (χ4v) is 2.11. The Hall–Kier alpha value is -3.60. The molecule has 0 saturated heterocycles. The van der Waals surface area contributed by atoms with Gasteiger partial charge in [0.2, 0.25) is 5.91 Å². The Morgan fingerprint density at radius 1 is 0.969 bits per heavy atom. The van der Waals surface area contributed by atoms with Gasteiger partial charge in [0.05, 0.1) is 0 Å². The van der Waals surface area contributed by atoms with E-state index in [4.69, 9.17) is 27.4 Å². The molecular weight excluding hydrogens is 416 g/mol. The van der Waals surface area contributed by atoms with Crippen LogP contribution in [0.25, 0.3) is 0 Å². The Bertz CT molecular complexity index is 843. The number of rotatable bonds is 8. The molecule has 1 unspecified atom stereocenters. The second kappa shape index (κ2) is 16.1. The van der Waals surface area contributed by atoms with Crippen LogP contribution in [0.2, 0.25) is 0 Å². The van der Waals surface area contributed by atoms with Crippen LogP contribution in [0.5, 0.6) is 0 Å². The smallest absolute Gasteiger partial charge is 0.325 e. The normalized spacial score (nSPS) is 11.4. The lowest BCUT2D eigenvalue weighted by atomic mass is 10.1. The molecule has 0 aliphatic carbocycles. The largest absolute Gasteiger partial charge is 0.480 e. The lowest BCUT2D eigenvalue weighted by molar-refractivity contribution is -0.139. The second-order valence-electron chi connectivity index (χ2n) is 6.52. The van der Waals surface area contributed by atoms with Crippen molar-refractivity contribution >= 4 is 29.8 Å². The number of nitrogens with two attached hydrogens (primary N) is 3. The van der Waals surface area contributed by atoms with Gasteiger partial charge in [-0.25, -0.2) is 0 Å². The summed E-state index contributed by atoms with van der Waals surface area (Å²) in [6.07, 6.45) is 1.90. The molecule has 10 heteroatoms. The zero-order valence-electron chi connectivity index (χ0n) is 17.8. The molecule has 0 radical (unpaired) electrons. The highest BCUT2D eigenvalue weighted by Crippen LogP contribution is 2.08. The molecular formula is C22H30N4O6. The fraction of sp³-hybridized carbons (Fsp3) is 0.273. The molecule has 0 saturated carbocycles. The Morgan fingerprint density at radius 3 is 1.94 bits per heavy atom.